The zero-order valence-corrected chi connectivity index (χ0v) is 18.5. The molecule has 5 heterocycles. The molecule has 2 aliphatic heterocycles. The van der Waals surface area contributed by atoms with Gasteiger partial charge in [-0.1, -0.05) is 22.8 Å². The van der Waals surface area contributed by atoms with Gasteiger partial charge in [-0.2, -0.15) is 10.1 Å². The van der Waals surface area contributed by atoms with Crippen LogP contribution >= 0.6 is 11.6 Å². The van der Waals surface area contributed by atoms with Gasteiger partial charge in [0.25, 0.3) is 11.8 Å². The minimum absolute atomic E-state index is 0.132. The van der Waals surface area contributed by atoms with Crippen LogP contribution in [0.2, 0.25) is 5.02 Å². The molecule has 0 spiro atoms. The monoisotopic (exact) mass is 464 g/mol. The third kappa shape index (κ3) is 3.67. The molecule has 2 aliphatic rings. The molecule has 6 rings (SSSR count). The Morgan fingerprint density at radius 2 is 2.00 bits per heavy atom. The van der Waals surface area contributed by atoms with Crippen molar-refractivity contribution in [3.05, 3.63) is 59.3 Å². The average Bonchev–Trinajstić information content (AvgIpc) is 3.46. The van der Waals surface area contributed by atoms with Gasteiger partial charge >= 0.3 is 0 Å². The van der Waals surface area contributed by atoms with Crippen LogP contribution in [0.15, 0.2) is 47.2 Å². The van der Waals surface area contributed by atoms with Gasteiger partial charge in [0, 0.05) is 36.2 Å². The molecule has 3 aromatic heterocycles. The number of amides is 1. The third-order valence-corrected chi connectivity index (χ3v) is 6.67. The summed E-state index contributed by atoms with van der Waals surface area (Å²) in [7, 11) is 0. The van der Waals surface area contributed by atoms with Crippen LogP contribution in [0.4, 0.5) is 0 Å². The van der Waals surface area contributed by atoms with Gasteiger partial charge in [0.05, 0.1) is 36.0 Å². The van der Waals surface area contributed by atoms with Crippen molar-refractivity contribution in [1.29, 1.82) is 0 Å². The van der Waals surface area contributed by atoms with Gasteiger partial charge in [0.2, 0.25) is 0 Å². The molecular weight excluding hydrogens is 444 g/mol. The number of pyridine rings is 1. The Labute approximate surface area is 194 Å². The van der Waals surface area contributed by atoms with Gasteiger partial charge in [-0.15, -0.1) is 0 Å². The number of hydrogen-bond acceptors (Lipinski definition) is 7. The fourth-order valence-electron chi connectivity index (χ4n) is 4.38. The van der Waals surface area contributed by atoms with Crippen molar-refractivity contribution in [1.82, 2.24) is 29.8 Å². The molecule has 2 saturated heterocycles. The molecular formula is C23H21ClN6O3. The van der Waals surface area contributed by atoms with Crippen LogP contribution in [-0.2, 0) is 4.74 Å². The Balaban J connectivity index is 1.16. The molecule has 0 radical (unpaired) electrons. The van der Waals surface area contributed by atoms with E-state index in [1.165, 1.54) is 0 Å². The topological polar surface area (TPSA) is 99.2 Å². The largest absolute Gasteiger partial charge is 0.377 e. The van der Waals surface area contributed by atoms with E-state index in [1.807, 2.05) is 29.1 Å². The minimum Gasteiger partial charge on any atom is -0.377 e. The number of aromatic nitrogens is 5. The van der Waals surface area contributed by atoms with Crippen molar-refractivity contribution >= 4 is 28.4 Å². The smallest absolute Gasteiger partial charge is 0.273 e. The Morgan fingerprint density at radius 3 is 2.76 bits per heavy atom. The number of carbonyl (C=O) groups is 1. The zero-order chi connectivity index (χ0) is 22.4. The van der Waals surface area contributed by atoms with Crippen LogP contribution in [0, 0.1) is 0 Å². The van der Waals surface area contributed by atoms with Gasteiger partial charge in [0.1, 0.15) is 5.69 Å². The van der Waals surface area contributed by atoms with Crippen LogP contribution < -0.4 is 0 Å². The van der Waals surface area contributed by atoms with Crippen molar-refractivity contribution in [2.24, 2.45) is 0 Å². The lowest BCUT2D eigenvalue weighted by molar-refractivity contribution is -0.0266. The summed E-state index contributed by atoms with van der Waals surface area (Å²) >= 11 is 6.14. The van der Waals surface area contributed by atoms with E-state index in [0.717, 1.165) is 29.3 Å². The number of ether oxygens (including phenoxy) is 1. The van der Waals surface area contributed by atoms with Gasteiger partial charge in [0.15, 0.2) is 5.82 Å². The van der Waals surface area contributed by atoms with E-state index in [9.17, 15) is 4.79 Å². The maximum atomic E-state index is 12.8. The van der Waals surface area contributed by atoms with Crippen molar-refractivity contribution in [3.63, 3.8) is 0 Å². The van der Waals surface area contributed by atoms with Crippen LogP contribution in [0.3, 0.4) is 0 Å². The number of fused-ring (bicyclic) bond motifs is 1. The standard InChI is InChI=1S/C23H21ClN6O3/c24-18-2-1-7-25-20(18)23(31)29-8-5-14(6-9-29)21-27-22(33-28-21)15-3-4-16-11-26-30(19(16)10-15)17-12-32-13-17/h1-4,7,10-11,14,17H,5-6,8-9,12-13H2. The number of likely N-dealkylation sites (tertiary alicyclic amines) is 1. The minimum atomic E-state index is -0.144. The van der Waals surface area contributed by atoms with Gasteiger partial charge in [-0.3, -0.25) is 9.48 Å². The molecule has 33 heavy (non-hydrogen) atoms. The molecule has 0 N–H and O–H groups in total. The zero-order valence-electron chi connectivity index (χ0n) is 17.7. The molecule has 10 heteroatoms. The molecule has 1 aromatic carbocycles. The van der Waals surface area contributed by atoms with Crippen molar-refractivity contribution < 1.29 is 14.1 Å². The molecule has 0 bridgehead atoms. The molecule has 2 fully saturated rings. The van der Waals surface area contributed by atoms with E-state index >= 15 is 0 Å². The normalized spacial score (nSPS) is 17.4. The van der Waals surface area contributed by atoms with Gasteiger partial charge < -0.3 is 14.2 Å². The lowest BCUT2D eigenvalue weighted by atomic mass is 9.96. The van der Waals surface area contributed by atoms with E-state index < -0.39 is 0 Å². The summed E-state index contributed by atoms with van der Waals surface area (Å²) in [6, 6.07) is 9.69. The molecule has 1 amide bonds. The Bertz CT molecular complexity index is 1320. The molecule has 0 saturated carbocycles. The highest BCUT2D eigenvalue weighted by molar-refractivity contribution is 6.33. The first-order valence-electron chi connectivity index (χ1n) is 11.0. The lowest BCUT2D eigenvalue weighted by Gasteiger charge is -2.30. The number of nitrogens with zero attached hydrogens (tertiary/aromatic N) is 6. The number of rotatable bonds is 4. The quantitative estimate of drug-likeness (QED) is 0.453. The first kappa shape index (κ1) is 20.3. The number of piperidine rings is 1. The predicted molar refractivity (Wildman–Crippen MR) is 120 cm³/mol. The van der Waals surface area contributed by atoms with Crippen LogP contribution in [0.25, 0.3) is 22.4 Å². The van der Waals surface area contributed by atoms with Crippen molar-refractivity contribution in [3.8, 4) is 11.5 Å². The lowest BCUT2D eigenvalue weighted by Crippen LogP contribution is -2.38. The first-order chi connectivity index (χ1) is 16.2. The fraction of sp³-hybridized carbons (Fsp3) is 0.348. The maximum absolute atomic E-state index is 12.8. The molecule has 168 valence electrons. The van der Waals surface area contributed by atoms with Crippen LogP contribution in [0.1, 0.15) is 41.1 Å². The summed E-state index contributed by atoms with van der Waals surface area (Å²) in [5.74, 6) is 1.15. The van der Waals surface area contributed by atoms with Crippen LogP contribution in [-0.4, -0.2) is 62.0 Å². The highest BCUT2D eigenvalue weighted by Crippen LogP contribution is 2.31. The Morgan fingerprint density at radius 1 is 1.15 bits per heavy atom. The van der Waals surface area contributed by atoms with Crippen molar-refractivity contribution in [2.45, 2.75) is 24.8 Å². The van der Waals surface area contributed by atoms with Crippen LogP contribution in [0.5, 0.6) is 0 Å². The number of halogens is 1. The number of benzene rings is 1. The Kier molecular flexibility index (Phi) is 5.07. The SMILES string of the molecule is O=C(c1ncccc1Cl)N1CCC(c2noc(-c3ccc4cnn(C5COC5)c4c3)n2)CC1. The molecule has 0 aliphatic carbocycles. The van der Waals surface area contributed by atoms with Crippen molar-refractivity contribution in [2.75, 3.05) is 26.3 Å². The van der Waals surface area contributed by atoms with Gasteiger partial charge in [-0.05, 0) is 37.1 Å². The van der Waals surface area contributed by atoms with E-state index in [2.05, 4.69) is 20.2 Å². The molecule has 0 atom stereocenters. The molecule has 4 aromatic rings. The number of hydrogen-bond donors (Lipinski definition) is 0. The average molecular weight is 465 g/mol. The second-order valence-corrected chi connectivity index (χ2v) is 8.82. The van der Waals surface area contributed by atoms with E-state index in [0.29, 0.717) is 48.7 Å². The number of carbonyl (C=O) groups excluding carboxylic acids is 1. The van der Waals surface area contributed by atoms with E-state index in [-0.39, 0.29) is 17.9 Å². The summed E-state index contributed by atoms with van der Waals surface area (Å²) in [4.78, 5) is 23.3. The fourth-order valence-corrected chi connectivity index (χ4v) is 4.58. The summed E-state index contributed by atoms with van der Waals surface area (Å²) < 4.78 is 12.9. The summed E-state index contributed by atoms with van der Waals surface area (Å²) in [6.07, 6.45) is 4.95. The first-order valence-corrected chi connectivity index (χ1v) is 11.3. The molecule has 0 unspecified atom stereocenters. The second-order valence-electron chi connectivity index (χ2n) is 8.41. The van der Waals surface area contributed by atoms with E-state index in [4.69, 9.17) is 20.9 Å². The van der Waals surface area contributed by atoms with E-state index in [1.54, 1.807) is 23.2 Å². The summed E-state index contributed by atoms with van der Waals surface area (Å²) in [6.45, 7) is 2.54. The maximum Gasteiger partial charge on any atom is 0.273 e. The Hall–Kier alpha value is -3.30. The van der Waals surface area contributed by atoms with Gasteiger partial charge in [-0.25, -0.2) is 4.98 Å². The third-order valence-electron chi connectivity index (χ3n) is 6.36. The molecule has 9 nitrogen and oxygen atoms in total. The highest BCUT2D eigenvalue weighted by atomic mass is 35.5. The summed E-state index contributed by atoms with van der Waals surface area (Å²) in [5.41, 5.74) is 2.18. The summed E-state index contributed by atoms with van der Waals surface area (Å²) in [5, 5.41) is 10.2. The predicted octanol–water partition coefficient (Wildman–Crippen LogP) is 3.73. The highest BCUT2D eigenvalue weighted by Gasteiger charge is 2.29. The second kappa shape index (κ2) is 8.24.